The standard InChI is InChI=1S/C15H25NO2/c1-16-10-14-8-9-18-15(14)12-17-11-13-6-4-2-3-5-7-13/h8-9,13,16H,2-7,10-12H2,1H3. The van der Waals surface area contributed by atoms with Crippen molar-refractivity contribution < 1.29 is 9.15 Å². The summed E-state index contributed by atoms with van der Waals surface area (Å²) in [7, 11) is 1.95. The largest absolute Gasteiger partial charge is 0.467 e. The van der Waals surface area contributed by atoms with E-state index in [2.05, 4.69) is 5.32 Å². The Morgan fingerprint density at radius 1 is 1.28 bits per heavy atom. The lowest BCUT2D eigenvalue weighted by Gasteiger charge is -2.13. The Bertz CT molecular complexity index is 327. The second-order valence-electron chi connectivity index (χ2n) is 5.27. The van der Waals surface area contributed by atoms with Gasteiger partial charge in [-0.05, 0) is 31.9 Å². The van der Waals surface area contributed by atoms with Crippen molar-refractivity contribution in [3.63, 3.8) is 0 Å². The molecule has 1 fully saturated rings. The smallest absolute Gasteiger partial charge is 0.133 e. The van der Waals surface area contributed by atoms with Crippen molar-refractivity contribution in [2.75, 3.05) is 13.7 Å². The van der Waals surface area contributed by atoms with Crippen molar-refractivity contribution in [1.29, 1.82) is 0 Å². The quantitative estimate of drug-likeness (QED) is 0.786. The lowest BCUT2D eigenvalue weighted by atomic mass is 10.0. The molecule has 0 amide bonds. The Labute approximate surface area is 110 Å². The summed E-state index contributed by atoms with van der Waals surface area (Å²) in [6.07, 6.45) is 9.97. The predicted molar refractivity (Wildman–Crippen MR) is 72.3 cm³/mol. The minimum absolute atomic E-state index is 0.612. The fraction of sp³-hybridized carbons (Fsp3) is 0.733. The van der Waals surface area contributed by atoms with E-state index in [1.165, 1.54) is 44.1 Å². The van der Waals surface area contributed by atoms with Crippen LogP contribution in [0.2, 0.25) is 0 Å². The maximum Gasteiger partial charge on any atom is 0.133 e. The third-order valence-electron chi connectivity index (χ3n) is 3.77. The van der Waals surface area contributed by atoms with Gasteiger partial charge in [0.2, 0.25) is 0 Å². The van der Waals surface area contributed by atoms with Gasteiger partial charge < -0.3 is 14.5 Å². The summed E-state index contributed by atoms with van der Waals surface area (Å²) in [5.74, 6) is 1.73. The summed E-state index contributed by atoms with van der Waals surface area (Å²) in [6.45, 7) is 2.35. The Morgan fingerprint density at radius 3 is 2.78 bits per heavy atom. The van der Waals surface area contributed by atoms with Gasteiger partial charge >= 0.3 is 0 Å². The minimum Gasteiger partial charge on any atom is -0.467 e. The van der Waals surface area contributed by atoms with Crippen LogP contribution >= 0.6 is 0 Å². The van der Waals surface area contributed by atoms with Crippen LogP contribution in [0.4, 0.5) is 0 Å². The van der Waals surface area contributed by atoms with Gasteiger partial charge in [-0.2, -0.15) is 0 Å². The van der Waals surface area contributed by atoms with Crippen molar-refractivity contribution in [3.05, 3.63) is 23.7 Å². The molecular weight excluding hydrogens is 226 g/mol. The molecule has 1 aromatic rings. The van der Waals surface area contributed by atoms with E-state index in [0.717, 1.165) is 24.8 Å². The summed E-state index contributed by atoms with van der Waals surface area (Å²) < 4.78 is 11.3. The molecule has 1 heterocycles. The maximum atomic E-state index is 5.84. The normalized spacial score (nSPS) is 17.8. The maximum absolute atomic E-state index is 5.84. The summed E-state index contributed by atoms with van der Waals surface area (Å²) in [5.41, 5.74) is 1.21. The first kappa shape index (κ1) is 13.6. The van der Waals surface area contributed by atoms with Crippen molar-refractivity contribution in [2.45, 2.75) is 51.7 Å². The van der Waals surface area contributed by atoms with E-state index in [1.807, 2.05) is 13.1 Å². The first-order valence-corrected chi connectivity index (χ1v) is 7.17. The van der Waals surface area contributed by atoms with Crippen LogP contribution in [0, 0.1) is 5.92 Å². The van der Waals surface area contributed by atoms with Crippen LogP contribution in [0.1, 0.15) is 49.8 Å². The third-order valence-corrected chi connectivity index (χ3v) is 3.77. The van der Waals surface area contributed by atoms with E-state index >= 15 is 0 Å². The highest BCUT2D eigenvalue weighted by molar-refractivity contribution is 5.15. The molecule has 0 aliphatic heterocycles. The number of hydrogen-bond donors (Lipinski definition) is 1. The Hall–Kier alpha value is -0.800. The monoisotopic (exact) mass is 251 g/mol. The van der Waals surface area contributed by atoms with Crippen LogP contribution in [0.25, 0.3) is 0 Å². The highest BCUT2D eigenvalue weighted by Gasteiger charge is 2.13. The second kappa shape index (κ2) is 7.59. The molecule has 1 N–H and O–H groups in total. The number of nitrogens with one attached hydrogen (secondary N) is 1. The topological polar surface area (TPSA) is 34.4 Å². The molecule has 102 valence electrons. The van der Waals surface area contributed by atoms with E-state index in [0.29, 0.717) is 6.61 Å². The molecule has 3 heteroatoms. The molecule has 1 aliphatic carbocycles. The van der Waals surface area contributed by atoms with Crippen molar-refractivity contribution in [2.24, 2.45) is 5.92 Å². The van der Waals surface area contributed by atoms with E-state index < -0.39 is 0 Å². The van der Waals surface area contributed by atoms with E-state index in [-0.39, 0.29) is 0 Å². The molecule has 3 nitrogen and oxygen atoms in total. The van der Waals surface area contributed by atoms with Gasteiger partial charge in [-0.3, -0.25) is 0 Å². The number of ether oxygens (including phenoxy) is 1. The Kier molecular flexibility index (Phi) is 5.75. The average Bonchev–Trinajstić information content (AvgIpc) is 2.65. The molecule has 0 aromatic carbocycles. The van der Waals surface area contributed by atoms with Crippen LogP contribution in [0.5, 0.6) is 0 Å². The SMILES string of the molecule is CNCc1ccoc1COCC1CCCCCC1. The predicted octanol–water partition coefficient (Wildman–Crippen LogP) is 3.49. The van der Waals surface area contributed by atoms with Crippen LogP contribution in [-0.4, -0.2) is 13.7 Å². The van der Waals surface area contributed by atoms with Crippen molar-refractivity contribution >= 4 is 0 Å². The van der Waals surface area contributed by atoms with Gasteiger partial charge in [0.1, 0.15) is 12.4 Å². The van der Waals surface area contributed by atoms with Crippen molar-refractivity contribution in [1.82, 2.24) is 5.32 Å². The fourth-order valence-corrected chi connectivity index (χ4v) is 2.69. The number of furan rings is 1. The summed E-state index contributed by atoms with van der Waals surface area (Å²) in [5, 5.41) is 3.14. The average molecular weight is 251 g/mol. The van der Waals surface area contributed by atoms with Gasteiger partial charge in [0.05, 0.1) is 6.26 Å². The molecule has 0 radical (unpaired) electrons. The summed E-state index contributed by atoms with van der Waals surface area (Å²) in [4.78, 5) is 0. The zero-order valence-corrected chi connectivity index (χ0v) is 11.4. The highest BCUT2D eigenvalue weighted by Crippen LogP contribution is 2.23. The van der Waals surface area contributed by atoms with Crippen LogP contribution in [0.3, 0.4) is 0 Å². The molecule has 1 saturated carbocycles. The summed E-state index contributed by atoms with van der Waals surface area (Å²) >= 11 is 0. The summed E-state index contributed by atoms with van der Waals surface area (Å²) in [6, 6.07) is 2.01. The van der Waals surface area contributed by atoms with Crippen LogP contribution in [0.15, 0.2) is 16.7 Å². The first-order chi connectivity index (χ1) is 8.90. The molecule has 2 rings (SSSR count). The minimum atomic E-state index is 0.612. The molecule has 0 bridgehead atoms. The molecule has 18 heavy (non-hydrogen) atoms. The number of hydrogen-bond acceptors (Lipinski definition) is 3. The molecule has 1 aliphatic rings. The molecule has 1 aromatic heterocycles. The molecule has 0 spiro atoms. The van der Waals surface area contributed by atoms with Gasteiger partial charge in [0.25, 0.3) is 0 Å². The molecule has 0 atom stereocenters. The fourth-order valence-electron chi connectivity index (χ4n) is 2.69. The molecular formula is C15H25NO2. The van der Waals surface area contributed by atoms with Gasteiger partial charge in [-0.25, -0.2) is 0 Å². The zero-order valence-electron chi connectivity index (χ0n) is 11.4. The van der Waals surface area contributed by atoms with E-state index in [4.69, 9.17) is 9.15 Å². The molecule has 0 unspecified atom stereocenters. The van der Waals surface area contributed by atoms with Crippen LogP contribution in [-0.2, 0) is 17.9 Å². The van der Waals surface area contributed by atoms with Crippen molar-refractivity contribution in [3.8, 4) is 0 Å². The highest BCUT2D eigenvalue weighted by atomic mass is 16.5. The first-order valence-electron chi connectivity index (χ1n) is 7.17. The lowest BCUT2D eigenvalue weighted by Crippen LogP contribution is -2.10. The Balaban J connectivity index is 1.72. The Morgan fingerprint density at radius 2 is 2.06 bits per heavy atom. The lowest BCUT2D eigenvalue weighted by molar-refractivity contribution is 0.0702. The van der Waals surface area contributed by atoms with Gasteiger partial charge in [0, 0.05) is 18.7 Å². The molecule has 0 saturated heterocycles. The second-order valence-corrected chi connectivity index (χ2v) is 5.27. The van der Waals surface area contributed by atoms with E-state index in [9.17, 15) is 0 Å². The van der Waals surface area contributed by atoms with Gasteiger partial charge in [0.15, 0.2) is 0 Å². The van der Waals surface area contributed by atoms with Gasteiger partial charge in [-0.15, -0.1) is 0 Å². The zero-order chi connectivity index (χ0) is 12.6. The van der Waals surface area contributed by atoms with Gasteiger partial charge in [-0.1, -0.05) is 25.7 Å². The number of rotatable bonds is 6. The van der Waals surface area contributed by atoms with Crippen LogP contribution < -0.4 is 5.32 Å². The van der Waals surface area contributed by atoms with E-state index in [1.54, 1.807) is 6.26 Å². The third kappa shape index (κ3) is 4.14.